The van der Waals surface area contributed by atoms with Gasteiger partial charge in [0.25, 0.3) is 0 Å². The lowest BCUT2D eigenvalue weighted by molar-refractivity contribution is -0.137. The van der Waals surface area contributed by atoms with Gasteiger partial charge in [0.05, 0.1) is 0 Å². The third-order valence-corrected chi connectivity index (χ3v) is 4.59. The Morgan fingerprint density at radius 1 is 1.16 bits per heavy atom. The van der Waals surface area contributed by atoms with Crippen molar-refractivity contribution in [1.29, 1.82) is 0 Å². The standard InChI is InChI=1S/C14H25N3O2/c1-15-13(19)14(7-9-17(2)10-8-14)16-12(18)11-5-3-4-6-11/h11H,3-10H2,1-2H3,(H,15,19)(H,16,18). The Morgan fingerprint density at radius 2 is 1.74 bits per heavy atom. The summed E-state index contributed by atoms with van der Waals surface area (Å²) in [6.45, 7) is 1.69. The molecule has 2 aliphatic rings. The van der Waals surface area contributed by atoms with Crippen molar-refractivity contribution in [3.05, 3.63) is 0 Å². The summed E-state index contributed by atoms with van der Waals surface area (Å²) in [5.74, 6) is 0.138. The predicted molar refractivity (Wildman–Crippen MR) is 73.6 cm³/mol. The second kappa shape index (κ2) is 5.90. The molecular formula is C14H25N3O2. The number of hydrogen-bond acceptors (Lipinski definition) is 3. The van der Waals surface area contributed by atoms with Gasteiger partial charge in [-0.2, -0.15) is 0 Å². The third-order valence-electron chi connectivity index (χ3n) is 4.59. The Kier molecular flexibility index (Phi) is 4.45. The van der Waals surface area contributed by atoms with Crippen molar-refractivity contribution in [3.63, 3.8) is 0 Å². The number of hydrogen-bond donors (Lipinski definition) is 2. The first-order chi connectivity index (χ1) is 9.07. The molecule has 0 aromatic rings. The monoisotopic (exact) mass is 267 g/mol. The maximum Gasteiger partial charge on any atom is 0.245 e. The van der Waals surface area contributed by atoms with Gasteiger partial charge < -0.3 is 15.5 Å². The molecule has 0 radical (unpaired) electrons. The first-order valence-corrected chi connectivity index (χ1v) is 7.30. The van der Waals surface area contributed by atoms with Crippen molar-refractivity contribution in [3.8, 4) is 0 Å². The highest BCUT2D eigenvalue weighted by atomic mass is 16.2. The Balaban J connectivity index is 2.05. The highest BCUT2D eigenvalue weighted by molar-refractivity contribution is 5.92. The minimum atomic E-state index is -0.694. The highest BCUT2D eigenvalue weighted by Gasteiger charge is 2.42. The maximum atomic E-state index is 12.3. The van der Waals surface area contributed by atoms with E-state index in [-0.39, 0.29) is 17.7 Å². The molecule has 1 saturated heterocycles. The topological polar surface area (TPSA) is 61.4 Å². The van der Waals surface area contributed by atoms with E-state index >= 15 is 0 Å². The second-order valence-electron chi connectivity index (χ2n) is 5.94. The number of rotatable bonds is 3. The fraction of sp³-hybridized carbons (Fsp3) is 0.857. The van der Waals surface area contributed by atoms with Crippen LogP contribution < -0.4 is 10.6 Å². The normalized spacial score (nSPS) is 24.1. The molecule has 0 atom stereocenters. The van der Waals surface area contributed by atoms with Crippen LogP contribution in [0, 0.1) is 5.92 Å². The second-order valence-corrected chi connectivity index (χ2v) is 5.94. The minimum absolute atomic E-state index is 0.0491. The molecular weight excluding hydrogens is 242 g/mol. The van der Waals surface area contributed by atoms with Gasteiger partial charge in [0.1, 0.15) is 5.54 Å². The summed E-state index contributed by atoms with van der Waals surface area (Å²) in [5, 5.41) is 5.78. The minimum Gasteiger partial charge on any atom is -0.357 e. The Bertz CT molecular complexity index is 343. The average Bonchev–Trinajstić information content (AvgIpc) is 2.95. The van der Waals surface area contributed by atoms with Gasteiger partial charge in [0.15, 0.2) is 0 Å². The number of nitrogens with one attached hydrogen (secondary N) is 2. The van der Waals surface area contributed by atoms with Crippen LogP contribution in [-0.2, 0) is 9.59 Å². The van der Waals surface area contributed by atoms with Crippen molar-refractivity contribution in [2.45, 2.75) is 44.1 Å². The van der Waals surface area contributed by atoms with Crippen LogP contribution in [0.2, 0.25) is 0 Å². The summed E-state index contributed by atoms with van der Waals surface area (Å²) in [6.07, 6.45) is 5.59. The third kappa shape index (κ3) is 3.08. The molecule has 2 N–H and O–H groups in total. The van der Waals surface area contributed by atoms with Crippen LogP contribution in [0.3, 0.4) is 0 Å². The van der Waals surface area contributed by atoms with E-state index in [0.29, 0.717) is 12.8 Å². The van der Waals surface area contributed by atoms with Gasteiger partial charge in [0.2, 0.25) is 11.8 Å². The largest absolute Gasteiger partial charge is 0.357 e. The van der Waals surface area contributed by atoms with Crippen molar-refractivity contribution < 1.29 is 9.59 Å². The first-order valence-electron chi connectivity index (χ1n) is 7.30. The Morgan fingerprint density at radius 3 is 2.26 bits per heavy atom. The van der Waals surface area contributed by atoms with E-state index in [9.17, 15) is 9.59 Å². The molecule has 19 heavy (non-hydrogen) atoms. The summed E-state index contributed by atoms with van der Waals surface area (Å²) in [4.78, 5) is 26.7. The molecule has 1 aliphatic carbocycles. The number of carbonyl (C=O) groups is 2. The summed E-state index contributed by atoms with van der Waals surface area (Å²) in [7, 11) is 3.69. The molecule has 1 heterocycles. The maximum absolute atomic E-state index is 12.3. The van der Waals surface area contributed by atoms with E-state index in [1.165, 1.54) is 0 Å². The van der Waals surface area contributed by atoms with Crippen LogP contribution in [0.25, 0.3) is 0 Å². The van der Waals surface area contributed by atoms with E-state index in [2.05, 4.69) is 15.5 Å². The molecule has 108 valence electrons. The van der Waals surface area contributed by atoms with Crippen molar-refractivity contribution >= 4 is 11.8 Å². The van der Waals surface area contributed by atoms with E-state index in [1.807, 2.05) is 7.05 Å². The zero-order valence-corrected chi connectivity index (χ0v) is 12.0. The van der Waals surface area contributed by atoms with Gasteiger partial charge in [-0.25, -0.2) is 0 Å². The van der Waals surface area contributed by atoms with Crippen LogP contribution in [0.1, 0.15) is 38.5 Å². The molecule has 0 aromatic carbocycles. The lowest BCUT2D eigenvalue weighted by Gasteiger charge is -2.40. The first kappa shape index (κ1) is 14.3. The van der Waals surface area contributed by atoms with Gasteiger partial charge in [-0.05, 0) is 32.7 Å². The molecule has 1 aliphatic heterocycles. The summed E-state index contributed by atoms with van der Waals surface area (Å²) < 4.78 is 0. The zero-order chi connectivity index (χ0) is 13.9. The lowest BCUT2D eigenvalue weighted by Crippen LogP contribution is -2.63. The lowest BCUT2D eigenvalue weighted by atomic mass is 9.85. The highest BCUT2D eigenvalue weighted by Crippen LogP contribution is 2.28. The van der Waals surface area contributed by atoms with E-state index in [1.54, 1.807) is 7.05 Å². The number of piperidine rings is 1. The summed E-state index contributed by atoms with van der Waals surface area (Å²) >= 11 is 0. The molecule has 2 rings (SSSR count). The number of amides is 2. The predicted octanol–water partition coefficient (Wildman–Crippen LogP) is 0.503. The number of likely N-dealkylation sites (tertiary alicyclic amines) is 1. The van der Waals surface area contributed by atoms with E-state index in [0.717, 1.165) is 38.8 Å². The molecule has 5 nitrogen and oxygen atoms in total. The van der Waals surface area contributed by atoms with Crippen molar-refractivity contribution in [2.75, 3.05) is 27.2 Å². The molecule has 0 unspecified atom stereocenters. The van der Waals surface area contributed by atoms with Crippen LogP contribution in [0.5, 0.6) is 0 Å². The fourth-order valence-corrected chi connectivity index (χ4v) is 3.17. The molecule has 1 saturated carbocycles. The van der Waals surface area contributed by atoms with Gasteiger partial charge in [0, 0.05) is 26.1 Å². The summed E-state index contributed by atoms with van der Waals surface area (Å²) in [6, 6.07) is 0. The number of carbonyl (C=O) groups excluding carboxylic acids is 2. The SMILES string of the molecule is CNC(=O)C1(NC(=O)C2CCCC2)CCN(C)CC1. The summed E-state index contributed by atoms with van der Waals surface area (Å²) in [5.41, 5.74) is -0.694. The Labute approximate surface area is 115 Å². The van der Waals surface area contributed by atoms with Gasteiger partial charge in [-0.15, -0.1) is 0 Å². The molecule has 2 amide bonds. The molecule has 0 spiro atoms. The molecule has 0 aromatic heterocycles. The number of likely N-dealkylation sites (N-methyl/N-ethyl adjacent to an activating group) is 1. The zero-order valence-electron chi connectivity index (χ0n) is 12.0. The van der Waals surface area contributed by atoms with Crippen LogP contribution in [0.15, 0.2) is 0 Å². The van der Waals surface area contributed by atoms with Crippen molar-refractivity contribution in [2.24, 2.45) is 5.92 Å². The molecule has 0 bridgehead atoms. The smallest absolute Gasteiger partial charge is 0.245 e. The van der Waals surface area contributed by atoms with Gasteiger partial charge in [-0.1, -0.05) is 12.8 Å². The van der Waals surface area contributed by atoms with Crippen LogP contribution >= 0.6 is 0 Å². The number of nitrogens with zero attached hydrogens (tertiary/aromatic N) is 1. The quantitative estimate of drug-likeness (QED) is 0.783. The molecule has 5 heteroatoms. The van der Waals surface area contributed by atoms with Gasteiger partial charge >= 0.3 is 0 Å². The van der Waals surface area contributed by atoms with Gasteiger partial charge in [-0.3, -0.25) is 9.59 Å². The van der Waals surface area contributed by atoms with E-state index in [4.69, 9.17) is 0 Å². The van der Waals surface area contributed by atoms with Crippen LogP contribution in [-0.4, -0.2) is 49.4 Å². The molecule has 2 fully saturated rings. The van der Waals surface area contributed by atoms with Crippen molar-refractivity contribution in [1.82, 2.24) is 15.5 Å². The fourth-order valence-electron chi connectivity index (χ4n) is 3.17. The van der Waals surface area contributed by atoms with Crippen LogP contribution in [0.4, 0.5) is 0 Å². The average molecular weight is 267 g/mol. The Hall–Kier alpha value is -1.10. The van der Waals surface area contributed by atoms with E-state index < -0.39 is 5.54 Å².